The Balaban J connectivity index is 2.72. The van der Waals surface area contributed by atoms with E-state index in [1.165, 1.54) is 5.57 Å². The standard InChI is InChI=1S/C8H13NO/c1-6-3-7(9-2)5-8(10)4-6/h3,5,8-10H,4H2,1-2H3. The molecule has 1 aliphatic rings. The van der Waals surface area contributed by atoms with Crippen LogP contribution in [0.2, 0.25) is 0 Å². The molecule has 0 saturated heterocycles. The summed E-state index contributed by atoms with van der Waals surface area (Å²) in [6.07, 6.45) is 4.35. The lowest BCUT2D eigenvalue weighted by Gasteiger charge is -2.14. The fraction of sp³-hybridized carbons (Fsp3) is 0.500. The third-order valence-electron chi connectivity index (χ3n) is 1.59. The van der Waals surface area contributed by atoms with Crippen LogP contribution >= 0.6 is 0 Å². The van der Waals surface area contributed by atoms with Crippen molar-refractivity contribution in [3.63, 3.8) is 0 Å². The van der Waals surface area contributed by atoms with E-state index < -0.39 is 0 Å². The molecule has 1 atom stereocenters. The Kier molecular flexibility index (Phi) is 2.12. The first kappa shape index (κ1) is 7.35. The minimum atomic E-state index is -0.299. The Morgan fingerprint density at radius 1 is 1.70 bits per heavy atom. The summed E-state index contributed by atoms with van der Waals surface area (Å²) >= 11 is 0. The van der Waals surface area contributed by atoms with Gasteiger partial charge in [-0.1, -0.05) is 5.57 Å². The average molecular weight is 139 g/mol. The number of rotatable bonds is 1. The molecule has 0 spiro atoms. The molecule has 10 heavy (non-hydrogen) atoms. The second kappa shape index (κ2) is 2.88. The first-order valence-electron chi connectivity index (χ1n) is 3.47. The summed E-state index contributed by atoms with van der Waals surface area (Å²) in [4.78, 5) is 0. The van der Waals surface area contributed by atoms with Gasteiger partial charge in [0.05, 0.1) is 6.10 Å². The molecule has 0 heterocycles. The van der Waals surface area contributed by atoms with Crippen LogP contribution in [-0.4, -0.2) is 18.3 Å². The Bertz CT molecular complexity index is 182. The maximum absolute atomic E-state index is 9.22. The second-order valence-electron chi connectivity index (χ2n) is 2.63. The number of likely N-dealkylation sites (N-methyl/N-ethyl adjacent to an activating group) is 1. The number of hydrogen-bond donors (Lipinski definition) is 2. The zero-order valence-electron chi connectivity index (χ0n) is 6.39. The molecule has 0 fully saturated rings. The number of nitrogens with one attached hydrogen (secondary N) is 1. The van der Waals surface area contributed by atoms with Crippen molar-refractivity contribution in [2.45, 2.75) is 19.4 Å². The van der Waals surface area contributed by atoms with Gasteiger partial charge in [-0.15, -0.1) is 0 Å². The zero-order chi connectivity index (χ0) is 7.56. The summed E-state index contributed by atoms with van der Waals surface area (Å²) in [5.41, 5.74) is 2.23. The summed E-state index contributed by atoms with van der Waals surface area (Å²) in [6, 6.07) is 0. The summed E-state index contributed by atoms with van der Waals surface area (Å²) in [5.74, 6) is 0. The van der Waals surface area contributed by atoms with Crippen LogP contribution in [0.3, 0.4) is 0 Å². The molecule has 0 aromatic rings. The maximum atomic E-state index is 9.22. The fourth-order valence-electron chi connectivity index (χ4n) is 1.12. The molecule has 0 radical (unpaired) electrons. The predicted octanol–water partition coefficient (Wildman–Crippen LogP) is 0.801. The minimum Gasteiger partial charge on any atom is -0.389 e. The summed E-state index contributed by atoms with van der Waals surface area (Å²) in [5, 5.41) is 12.2. The van der Waals surface area contributed by atoms with Crippen LogP contribution in [0.25, 0.3) is 0 Å². The van der Waals surface area contributed by atoms with Crippen molar-refractivity contribution in [1.29, 1.82) is 0 Å². The summed E-state index contributed by atoms with van der Waals surface area (Å²) in [7, 11) is 1.85. The zero-order valence-corrected chi connectivity index (χ0v) is 6.39. The molecule has 0 saturated carbocycles. The van der Waals surface area contributed by atoms with Crippen molar-refractivity contribution in [2.75, 3.05) is 7.05 Å². The van der Waals surface area contributed by atoms with Gasteiger partial charge in [-0.2, -0.15) is 0 Å². The van der Waals surface area contributed by atoms with E-state index in [1.54, 1.807) is 0 Å². The van der Waals surface area contributed by atoms with Gasteiger partial charge in [-0.05, 0) is 25.5 Å². The number of allylic oxidation sites excluding steroid dienone is 1. The van der Waals surface area contributed by atoms with Gasteiger partial charge in [-0.3, -0.25) is 0 Å². The van der Waals surface area contributed by atoms with Gasteiger partial charge in [0.25, 0.3) is 0 Å². The van der Waals surface area contributed by atoms with Crippen LogP contribution in [-0.2, 0) is 0 Å². The van der Waals surface area contributed by atoms with Crippen molar-refractivity contribution in [1.82, 2.24) is 5.32 Å². The van der Waals surface area contributed by atoms with Crippen molar-refractivity contribution in [3.05, 3.63) is 23.4 Å². The molecule has 2 N–H and O–H groups in total. The molecule has 1 unspecified atom stereocenters. The molecular formula is C8H13NO. The van der Waals surface area contributed by atoms with Crippen molar-refractivity contribution in [2.24, 2.45) is 0 Å². The van der Waals surface area contributed by atoms with Gasteiger partial charge in [0.2, 0.25) is 0 Å². The first-order valence-corrected chi connectivity index (χ1v) is 3.47. The maximum Gasteiger partial charge on any atom is 0.0780 e. The van der Waals surface area contributed by atoms with Crippen LogP contribution < -0.4 is 5.32 Å². The molecule has 1 rings (SSSR count). The highest BCUT2D eigenvalue weighted by molar-refractivity contribution is 5.27. The first-order chi connectivity index (χ1) is 4.72. The van der Waals surface area contributed by atoms with Gasteiger partial charge in [0.1, 0.15) is 0 Å². The van der Waals surface area contributed by atoms with Gasteiger partial charge in [-0.25, -0.2) is 0 Å². The topological polar surface area (TPSA) is 32.3 Å². The van der Waals surface area contributed by atoms with Crippen LogP contribution in [0.5, 0.6) is 0 Å². The molecule has 0 amide bonds. The van der Waals surface area contributed by atoms with Crippen molar-refractivity contribution >= 4 is 0 Å². The van der Waals surface area contributed by atoms with Gasteiger partial charge in [0, 0.05) is 12.7 Å². The van der Waals surface area contributed by atoms with Gasteiger partial charge in [0.15, 0.2) is 0 Å². The monoisotopic (exact) mass is 139 g/mol. The SMILES string of the molecule is CNC1=CC(O)CC(C)=C1. The molecular weight excluding hydrogens is 126 g/mol. The van der Waals surface area contributed by atoms with E-state index in [1.807, 2.05) is 26.1 Å². The summed E-state index contributed by atoms with van der Waals surface area (Å²) in [6.45, 7) is 2.02. The highest BCUT2D eigenvalue weighted by Crippen LogP contribution is 2.14. The van der Waals surface area contributed by atoms with Crippen molar-refractivity contribution < 1.29 is 5.11 Å². The van der Waals surface area contributed by atoms with Gasteiger partial charge >= 0.3 is 0 Å². The van der Waals surface area contributed by atoms with Crippen LogP contribution in [0, 0.1) is 0 Å². The molecule has 2 nitrogen and oxygen atoms in total. The van der Waals surface area contributed by atoms with E-state index in [0.29, 0.717) is 0 Å². The fourth-order valence-corrected chi connectivity index (χ4v) is 1.12. The lowest BCUT2D eigenvalue weighted by molar-refractivity contribution is 0.220. The van der Waals surface area contributed by atoms with Crippen molar-refractivity contribution in [3.8, 4) is 0 Å². The third-order valence-corrected chi connectivity index (χ3v) is 1.59. The lowest BCUT2D eigenvalue weighted by Crippen LogP contribution is -2.14. The molecule has 56 valence electrons. The van der Waals surface area contributed by atoms with E-state index in [0.717, 1.165) is 12.1 Å². The quantitative estimate of drug-likeness (QED) is 0.563. The minimum absolute atomic E-state index is 0.299. The number of aliphatic hydroxyl groups is 1. The normalized spacial score (nSPS) is 25.3. The number of aliphatic hydroxyl groups excluding tert-OH is 1. The number of hydrogen-bond acceptors (Lipinski definition) is 2. The smallest absolute Gasteiger partial charge is 0.0780 e. The van der Waals surface area contributed by atoms with Crippen LogP contribution in [0.15, 0.2) is 23.4 Å². The van der Waals surface area contributed by atoms with E-state index in [9.17, 15) is 5.11 Å². The highest BCUT2D eigenvalue weighted by atomic mass is 16.3. The average Bonchev–Trinajstić information content (AvgIpc) is 1.85. The third kappa shape index (κ3) is 1.61. The molecule has 0 aliphatic heterocycles. The Labute approximate surface area is 61.3 Å². The van der Waals surface area contributed by atoms with E-state index in [4.69, 9.17) is 0 Å². The largest absolute Gasteiger partial charge is 0.389 e. The molecule has 0 bridgehead atoms. The van der Waals surface area contributed by atoms with E-state index in [-0.39, 0.29) is 6.10 Å². The Morgan fingerprint density at radius 2 is 2.40 bits per heavy atom. The second-order valence-corrected chi connectivity index (χ2v) is 2.63. The van der Waals surface area contributed by atoms with E-state index >= 15 is 0 Å². The molecule has 0 aromatic heterocycles. The summed E-state index contributed by atoms with van der Waals surface area (Å²) < 4.78 is 0. The lowest BCUT2D eigenvalue weighted by atomic mass is 10.0. The van der Waals surface area contributed by atoms with Crippen LogP contribution in [0.4, 0.5) is 0 Å². The molecule has 1 aliphatic carbocycles. The molecule has 0 aromatic carbocycles. The Morgan fingerprint density at radius 3 is 2.90 bits per heavy atom. The molecule has 2 heteroatoms. The highest BCUT2D eigenvalue weighted by Gasteiger charge is 2.07. The van der Waals surface area contributed by atoms with Crippen LogP contribution in [0.1, 0.15) is 13.3 Å². The predicted molar refractivity (Wildman–Crippen MR) is 41.5 cm³/mol. The van der Waals surface area contributed by atoms with E-state index in [2.05, 4.69) is 5.32 Å². The van der Waals surface area contributed by atoms with Gasteiger partial charge < -0.3 is 10.4 Å². The Hall–Kier alpha value is -0.760.